The fourth-order valence-corrected chi connectivity index (χ4v) is 1.47. The van der Waals surface area contributed by atoms with E-state index >= 15 is 0 Å². The van der Waals surface area contributed by atoms with Crippen LogP contribution in [-0.4, -0.2) is 11.2 Å². The molecule has 0 radical (unpaired) electrons. The Morgan fingerprint density at radius 3 is 2.05 bits per heavy atom. The highest BCUT2D eigenvalue weighted by Crippen LogP contribution is 2.27. The van der Waals surface area contributed by atoms with Gasteiger partial charge in [0.25, 0.3) is 0 Å². The van der Waals surface area contributed by atoms with Crippen LogP contribution in [0.4, 0.5) is 0 Å². The van der Waals surface area contributed by atoms with E-state index in [2.05, 4.69) is 47.6 Å². The van der Waals surface area contributed by atoms with E-state index in [4.69, 9.17) is 9.47 Å². The van der Waals surface area contributed by atoms with Crippen LogP contribution in [0.2, 0.25) is 0 Å². The predicted octanol–water partition coefficient (Wildman–Crippen LogP) is 4.96. The van der Waals surface area contributed by atoms with E-state index in [0.717, 1.165) is 24.2 Å². The summed E-state index contributed by atoms with van der Waals surface area (Å²) in [4.78, 5) is 0. The summed E-state index contributed by atoms with van der Waals surface area (Å²) in [5.41, 5.74) is 0.884. The van der Waals surface area contributed by atoms with Crippen LogP contribution in [0, 0.1) is 0 Å². The fraction of sp³-hybridized carbons (Fsp3) is 0.647. The maximum Gasteiger partial charge on any atom is 0.125 e. The van der Waals surface area contributed by atoms with Gasteiger partial charge in [-0.15, -0.1) is 0 Å². The summed E-state index contributed by atoms with van der Waals surface area (Å²) in [7, 11) is 0. The van der Waals surface area contributed by atoms with Gasteiger partial charge in [0.15, 0.2) is 0 Å². The van der Waals surface area contributed by atoms with Crippen molar-refractivity contribution in [3.05, 3.63) is 29.8 Å². The lowest BCUT2D eigenvalue weighted by Gasteiger charge is -2.28. The van der Waals surface area contributed by atoms with E-state index in [1.807, 2.05) is 18.2 Å². The van der Waals surface area contributed by atoms with Gasteiger partial charge in [0, 0.05) is 5.56 Å². The monoisotopic (exact) mass is 264 g/mol. The molecule has 0 aliphatic heterocycles. The summed E-state index contributed by atoms with van der Waals surface area (Å²) in [6, 6.07) is 8.14. The first-order chi connectivity index (χ1) is 8.79. The molecule has 0 saturated heterocycles. The Morgan fingerprint density at radius 2 is 1.47 bits per heavy atom. The quantitative estimate of drug-likeness (QED) is 0.693. The predicted molar refractivity (Wildman–Crippen MR) is 80.6 cm³/mol. The largest absolute Gasteiger partial charge is 0.488 e. The van der Waals surface area contributed by atoms with Crippen molar-refractivity contribution in [3.8, 4) is 5.75 Å². The summed E-state index contributed by atoms with van der Waals surface area (Å²) in [6.07, 6.45) is 1.97. The average Bonchev–Trinajstić information content (AvgIpc) is 2.37. The van der Waals surface area contributed by atoms with E-state index in [-0.39, 0.29) is 11.2 Å². The van der Waals surface area contributed by atoms with Gasteiger partial charge in [0.2, 0.25) is 0 Å². The van der Waals surface area contributed by atoms with Gasteiger partial charge < -0.3 is 9.47 Å². The first-order valence-electron chi connectivity index (χ1n) is 7.20. The second-order valence-electron chi connectivity index (χ2n) is 6.22. The van der Waals surface area contributed by atoms with E-state index in [9.17, 15) is 0 Å². The minimum Gasteiger partial charge on any atom is -0.488 e. The molecule has 0 fully saturated rings. The SMILES string of the molecule is CCC(C)(C)OCc1ccccc1OC(C)(C)CC. The zero-order valence-electron chi connectivity index (χ0n) is 13.2. The second kappa shape index (κ2) is 6.42. The minimum absolute atomic E-state index is 0.0899. The Labute approximate surface area is 118 Å². The van der Waals surface area contributed by atoms with Gasteiger partial charge in [-0.25, -0.2) is 0 Å². The maximum absolute atomic E-state index is 6.10. The van der Waals surface area contributed by atoms with Crippen molar-refractivity contribution in [2.45, 2.75) is 72.2 Å². The van der Waals surface area contributed by atoms with E-state index in [1.54, 1.807) is 0 Å². The third-order valence-corrected chi connectivity index (χ3v) is 3.68. The van der Waals surface area contributed by atoms with Crippen molar-refractivity contribution in [3.63, 3.8) is 0 Å². The Bertz CT molecular complexity index is 394. The summed E-state index contributed by atoms with van der Waals surface area (Å²) >= 11 is 0. The first-order valence-corrected chi connectivity index (χ1v) is 7.20. The minimum atomic E-state index is -0.142. The summed E-state index contributed by atoms with van der Waals surface area (Å²) in [6.45, 7) is 13.3. The Morgan fingerprint density at radius 1 is 0.895 bits per heavy atom. The number of hydrogen-bond donors (Lipinski definition) is 0. The van der Waals surface area contributed by atoms with Gasteiger partial charge in [-0.2, -0.15) is 0 Å². The van der Waals surface area contributed by atoms with Crippen LogP contribution >= 0.6 is 0 Å². The van der Waals surface area contributed by atoms with Gasteiger partial charge >= 0.3 is 0 Å². The molecule has 19 heavy (non-hydrogen) atoms. The molecule has 2 nitrogen and oxygen atoms in total. The number of rotatable bonds is 7. The van der Waals surface area contributed by atoms with Crippen molar-refractivity contribution in [1.82, 2.24) is 0 Å². The highest BCUT2D eigenvalue weighted by molar-refractivity contribution is 5.33. The molecule has 0 aliphatic rings. The maximum atomic E-state index is 6.10. The molecule has 0 amide bonds. The third kappa shape index (κ3) is 5.23. The molecule has 0 aliphatic carbocycles. The molecule has 1 rings (SSSR count). The fourth-order valence-electron chi connectivity index (χ4n) is 1.47. The summed E-state index contributed by atoms with van der Waals surface area (Å²) < 4.78 is 12.1. The Balaban J connectivity index is 2.79. The molecule has 108 valence electrons. The molecule has 0 N–H and O–H groups in total. The molecular formula is C17H28O2. The van der Waals surface area contributed by atoms with Crippen LogP contribution in [0.25, 0.3) is 0 Å². The van der Waals surface area contributed by atoms with Gasteiger partial charge in [0.05, 0.1) is 12.2 Å². The molecule has 0 atom stereocenters. The van der Waals surface area contributed by atoms with Crippen molar-refractivity contribution in [2.75, 3.05) is 0 Å². The molecule has 1 aromatic carbocycles. The normalized spacial score (nSPS) is 12.5. The van der Waals surface area contributed by atoms with Crippen LogP contribution in [-0.2, 0) is 11.3 Å². The van der Waals surface area contributed by atoms with E-state index in [0.29, 0.717) is 6.61 Å². The molecule has 1 aromatic rings. The molecule has 2 heteroatoms. The van der Waals surface area contributed by atoms with Crippen LogP contribution in [0.1, 0.15) is 59.9 Å². The highest BCUT2D eigenvalue weighted by Gasteiger charge is 2.20. The second-order valence-corrected chi connectivity index (χ2v) is 6.22. The lowest BCUT2D eigenvalue weighted by atomic mass is 10.1. The molecule has 0 spiro atoms. The number of benzene rings is 1. The smallest absolute Gasteiger partial charge is 0.125 e. The molecule has 0 aromatic heterocycles. The lowest BCUT2D eigenvalue weighted by molar-refractivity contribution is -0.0332. The van der Waals surface area contributed by atoms with E-state index in [1.165, 1.54) is 0 Å². The van der Waals surface area contributed by atoms with E-state index < -0.39 is 0 Å². The molecule has 0 heterocycles. The zero-order valence-corrected chi connectivity index (χ0v) is 13.2. The molecule has 0 unspecified atom stereocenters. The Kier molecular flexibility index (Phi) is 5.42. The van der Waals surface area contributed by atoms with Crippen LogP contribution in [0.5, 0.6) is 5.75 Å². The molecular weight excluding hydrogens is 236 g/mol. The van der Waals surface area contributed by atoms with Gasteiger partial charge in [-0.1, -0.05) is 32.0 Å². The highest BCUT2D eigenvalue weighted by atomic mass is 16.5. The first kappa shape index (κ1) is 16.0. The lowest BCUT2D eigenvalue weighted by Crippen LogP contribution is -2.28. The molecule has 0 bridgehead atoms. The van der Waals surface area contributed by atoms with Gasteiger partial charge in [-0.05, 0) is 46.6 Å². The third-order valence-electron chi connectivity index (χ3n) is 3.68. The van der Waals surface area contributed by atoms with Crippen LogP contribution in [0.3, 0.4) is 0 Å². The van der Waals surface area contributed by atoms with Crippen molar-refractivity contribution in [1.29, 1.82) is 0 Å². The Hall–Kier alpha value is -1.02. The van der Waals surface area contributed by atoms with Crippen molar-refractivity contribution >= 4 is 0 Å². The zero-order chi connectivity index (χ0) is 14.5. The van der Waals surface area contributed by atoms with Crippen molar-refractivity contribution in [2.24, 2.45) is 0 Å². The van der Waals surface area contributed by atoms with Gasteiger partial charge in [0.1, 0.15) is 11.4 Å². The number of hydrogen-bond acceptors (Lipinski definition) is 2. The standard InChI is InChI=1S/C17H28O2/c1-7-16(3,4)18-13-14-11-9-10-12-15(14)19-17(5,6)8-2/h9-12H,7-8,13H2,1-6H3. The molecule has 0 saturated carbocycles. The number of ether oxygens (including phenoxy) is 2. The topological polar surface area (TPSA) is 18.5 Å². The summed E-state index contributed by atoms with van der Waals surface area (Å²) in [5, 5.41) is 0. The number of para-hydroxylation sites is 1. The van der Waals surface area contributed by atoms with Gasteiger partial charge in [-0.3, -0.25) is 0 Å². The van der Waals surface area contributed by atoms with Crippen molar-refractivity contribution < 1.29 is 9.47 Å². The summed E-state index contributed by atoms with van der Waals surface area (Å²) in [5.74, 6) is 0.932. The van der Waals surface area contributed by atoms with Crippen LogP contribution in [0.15, 0.2) is 24.3 Å². The van der Waals surface area contributed by atoms with Crippen LogP contribution < -0.4 is 4.74 Å². The average molecular weight is 264 g/mol.